The minimum Gasteiger partial charge on any atom is -0.508 e. The van der Waals surface area contributed by atoms with Gasteiger partial charge in [0.1, 0.15) is 11.7 Å². The Morgan fingerprint density at radius 1 is 1.04 bits per heavy atom. The van der Waals surface area contributed by atoms with Gasteiger partial charge in [-0.05, 0) is 17.7 Å². The third kappa shape index (κ3) is 3.33. The van der Waals surface area contributed by atoms with Crippen molar-refractivity contribution in [2.45, 2.75) is 17.9 Å². The first-order valence-corrected chi connectivity index (χ1v) is 7.89. The van der Waals surface area contributed by atoms with Crippen LogP contribution in [0.4, 0.5) is 18.0 Å². The van der Waals surface area contributed by atoms with E-state index >= 15 is 0 Å². The van der Waals surface area contributed by atoms with Gasteiger partial charge in [0, 0.05) is 5.56 Å². The topological polar surface area (TPSA) is 98.7 Å². The third-order valence-electron chi connectivity index (χ3n) is 4.40. The third-order valence-corrected chi connectivity index (χ3v) is 4.40. The van der Waals surface area contributed by atoms with Crippen LogP contribution < -0.4 is 10.6 Å². The van der Waals surface area contributed by atoms with E-state index in [-0.39, 0.29) is 16.9 Å². The lowest BCUT2D eigenvalue weighted by atomic mass is 9.77. The number of rotatable bonds is 3. The predicted molar refractivity (Wildman–Crippen MR) is 87.8 cm³/mol. The molecule has 9 heteroatoms. The largest absolute Gasteiger partial charge is 0.508 e. The minimum atomic E-state index is -5.31. The second-order valence-corrected chi connectivity index (χ2v) is 6.14. The van der Waals surface area contributed by atoms with Crippen LogP contribution in [0.25, 0.3) is 0 Å². The van der Waals surface area contributed by atoms with Crippen molar-refractivity contribution in [2.24, 2.45) is 5.92 Å². The van der Waals surface area contributed by atoms with Gasteiger partial charge < -0.3 is 20.8 Å². The lowest BCUT2D eigenvalue weighted by molar-refractivity contribution is -0.287. The number of hydrogen-bond donors (Lipinski definition) is 4. The number of benzene rings is 2. The van der Waals surface area contributed by atoms with E-state index in [2.05, 4.69) is 5.32 Å². The summed E-state index contributed by atoms with van der Waals surface area (Å²) in [7, 11) is 0. The fraction of sp³-hybridized carbons (Fsp3) is 0.222. The summed E-state index contributed by atoms with van der Waals surface area (Å²) >= 11 is 0. The van der Waals surface area contributed by atoms with Gasteiger partial charge in [0.2, 0.25) is 5.72 Å². The highest BCUT2D eigenvalue weighted by atomic mass is 19.4. The number of halogens is 3. The Hall–Kier alpha value is -3.07. The number of phenolic OH excluding ortho intramolecular Hbond substituents is 1. The Balaban J connectivity index is 2.15. The van der Waals surface area contributed by atoms with E-state index in [0.29, 0.717) is 0 Å². The summed E-state index contributed by atoms with van der Waals surface area (Å²) in [6, 6.07) is 9.40. The molecule has 3 atom stereocenters. The number of aromatic hydroxyl groups is 1. The number of alkyl halides is 3. The van der Waals surface area contributed by atoms with Crippen LogP contribution in [0.3, 0.4) is 0 Å². The standard InChI is InChI=1S/C18H15F3N2O4/c19-18(20,21)17(27)13(15(25)11-4-2-1-3-5-11)14(22-16(26)23-17)10-6-8-12(24)9-7-10/h1-9,13-14,24,27H,(H2,22,23,26)/t13-,14+,17+/m1/s1. The second kappa shape index (κ2) is 6.58. The molecule has 0 aliphatic carbocycles. The van der Waals surface area contributed by atoms with Crippen molar-refractivity contribution in [2.75, 3.05) is 0 Å². The number of nitrogens with one attached hydrogen (secondary N) is 2. The first-order valence-electron chi connectivity index (χ1n) is 7.89. The van der Waals surface area contributed by atoms with Crippen LogP contribution in [-0.2, 0) is 0 Å². The zero-order chi connectivity index (χ0) is 19.8. The number of amides is 2. The summed E-state index contributed by atoms with van der Waals surface area (Å²) in [5.74, 6) is -3.24. The predicted octanol–water partition coefficient (Wildman–Crippen LogP) is 2.50. The summed E-state index contributed by atoms with van der Waals surface area (Å²) in [5, 5.41) is 23.5. The number of urea groups is 1. The molecule has 1 heterocycles. The number of Topliss-reactive ketones (excluding diaryl/α,β-unsaturated/α-hetero) is 1. The molecule has 1 saturated heterocycles. The van der Waals surface area contributed by atoms with E-state index in [9.17, 15) is 33.0 Å². The molecule has 0 unspecified atom stereocenters. The van der Waals surface area contributed by atoms with Crippen LogP contribution in [0.1, 0.15) is 22.0 Å². The smallest absolute Gasteiger partial charge is 0.437 e. The van der Waals surface area contributed by atoms with Gasteiger partial charge in [-0.25, -0.2) is 4.79 Å². The van der Waals surface area contributed by atoms with Crippen molar-refractivity contribution in [3.63, 3.8) is 0 Å². The van der Waals surface area contributed by atoms with E-state index in [1.807, 2.05) is 0 Å². The summed E-state index contributed by atoms with van der Waals surface area (Å²) in [5.41, 5.74) is -3.70. The van der Waals surface area contributed by atoms with Gasteiger partial charge in [0.25, 0.3) is 0 Å². The van der Waals surface area contributed by atoms with E-state index < -0.39 is 35.7 Å². The fourth-order valence-corrected chi connectivity index (χ4v) is 3.08. The van der Waals surface area contributed by atoms with Gasteiger partial charge in [0.05, 0.1) is 6.04 Å². The van der Waals surface area contributed by atoms with E-state index in [1.54, 1.807) is 6.07 Å². The van der Waals surface area contributed by atoms with Gasteiger partial charge in [-0.1, -0.05) is 42.5 Å². The van der Waals surface area contributed by atoms with Gasteiger partial charge in [-0.15, -0.1) is 0 Å². The van der Waals surface area contributed by atoms with Crippen molar-refractivity contribution in [1.29, 1.82) is 0 Å². The van der Waals surface area contributed by atoms with Gasteiger partial charge >= 0.3 is 12.2 Å². The number of carbonyl (C=O) groups is 2. The molecule has 2 aromatic rings. The number of carbonyl (C=O) groups excluding carboxylic acids is 2. The molecule has 142 valence electrons. The average Bonchev–Trinajstić information content (AvgIpc) is 2.61. The Morgan fingerprint density at radius 3 is 2.19 bits per heavy atom. The minimum absolute atomic E-state index is 0.0492. The molecule has 2 amide bonds. The van der Waals surface area contributed by atoms with Crippen LogP contribution in [0.15, 0.2) is 54.6 Å². The maximum absolute atomic E-state index is 13.7. The lowest BCUT2D eigenvalue weighted by Crippen LogP contribution is -2.72. The van der Waals surface area contributed by atoms with Crippen LogP contribution in [0.5, 0.6) is 5.75 Å². The number of ketones is 1. The highest BCUT2D eigenvalue weighted by molar-refractivity contribution is 6.00. The fourth-order valence-electron chi connectivity index (χ4n) is 3.08. The maximum atomic E-state index is 13.7. The Kier molecular flexibility index (Phi) is 4.56. The molecule has 27 heavy (non-hydrogen) atoms. The summed E-state index contributed by atoms with van der Waals surface area (Å²) < 4.78 is 41.1. The van der Waals surface area contributed by atoms with Crippen molar-refractivity contribution < 1.29 is 33.0 Å². The molecule has 6 nitrogen and oxygen atoms in total. The van der Waals surface area contributed by atoms with Crippen molar-refractivity contribution in [1.82, 2.24) is 10.6 Å². The molecule has 1 aliphatic heterocycles. The van der Waals surface area contributed by atoms with Crippen molar-refractivity contribution in [3.8, 4) is 5.75 Å². The number of phenols is 1. The van der Waals surface area contributed by atoms with Gasteiger partial charge in [-0.2, -0.15) is 13.2 Å². The van der Waals surface area contributed by atoms with Gasteiger partial charge in [-0.3, -0.25) is 4.79 Å². The lowest BCUT2D eigenvalue weighted by Gasteiger charge is -2.45. The van der Waals surface area contributed by atoms with Crippen LogP contribution in [0, 0.1) is 5.92 Å². The summed E-state index contributed by atoms with van der Waals surface area (Å²) in [6.45, 7) is 0. The molecule has 0 radical (unpaired) electrons. The van der Waals surface area contributed by atoms with Crippen LogP contribution >= 0.6 is 0 Å². The van der Waals surface area contributed by atoms with E-state index in [1.165, 1.54) is 53.8 Å². The summed E-state index contributed by atoms with van der Waals surface area (Å²) in [6.07, 6.45) is -5.31. The zero-order valence-corrected chi connectivity index (χ0v) is 13.7. The monoisotopic (exact) mass is 380 g/mol. The molecule has 0 aromatic heterocycles. The number of hydrogen-bond acceptors (Lipinski definition) is 4. The molecular weight excluding hydrogens is 365 g/mol. The summed E-state index contributed by atoms with van der Waals surface area (Å²) in [4.78, 5) is 24.8. The van der Waals surface area contributed by atoms with E-state index in [0.717, 1.165) is 0 Å². The van der Waals surface area contributed by atoms with Crippen molar-refractivity contribution in [3.05, 3.63) is 65.7 Å². The van der Waals surface area contributed by atoms with Crippen molar-refractivity contribution >= 4 is 11.8 Å². The zero-order valence-electron chi connectivity index (χ0n) is 13.7. The molecule has 2 aromatic carbocycles. The molecule has 4 N–H and O–H groups in total. The van der Waals surface area contributed by atoms with Crippen LogP contribution in [-0.4, -0.2) is 33.9 Å². The second-order valence-electron chi connectivity index (χ2n) is 6.14. The Morgan fingerprint density at radius 2 is 1.63 bits per heavy atom. The van der Waals surface area contributed by atoms with Crippen LogP contribution in [0.2, 0.25) is 0 Å². The van der Waals surface area contributed by atoms with E-state index in [4.69, 9.17) is 0 Å². The first kappa shape index (κ1) is 18.7. The molecule has 1 fully saturated rings. The molecule has 1 aliphatic rings. The van der Waals surface area contributed by atoms with Gasteiger partial charge in [0.15, 0.2) is 5.78 Å². The highest BCUT2D eigenvalue weighted by Crippen LogP contribution is 2.44. The molecule has 0 bridgehead atoms. The quantitative estimate of drug-likeness (QED) is 0.615. The Bertz CT molecular complexity index is 855. The molecule has 3 rings (SSSR count). The molecular formula is C18H15F3N2O4. The average molecular weight is 380 g/mol. The molecule has 0 saturated carbocycles. The maximum Gasteiger partial charge on any atom is 0.437 e. The number of aliphatic hydroxyl groups is 1. The normalized spacial score (nSPS) is 25.4. The SMILES string of the molecule is O=C1N[C@@H](c2ccc(O)cc2)[C@H](C(=O)c2ccccc2)[C@](O)(C(F)(F)F)N1. The Labute approximate surface area is 151 Å². The first-order chi connectivity index (χ1) is 12.6. The molecule has 0 spiro atoms. The highest BCUT2D eigenvalue weighted by Gasteiger charge is 2.66.